The van der Waals surface area contributed by atoms with Gasteiger partial charge in [0.2, 0.25) is 0 Å². The number of halogens is 1. The standard InChI is InChI=1S/C21H14FN5O/c22-15-4-3-6-16-14(15)10-18(26-16)21(28)25-13-8-9-20(23-11-13)27-12-24-17-5-1-2-7-19(17)27/h1-12,26H,(H,25,28). The number of H-pyrrole nitrogens is 1. The van der Waals surface area contributed by atoms with Crippen molar-refractivity contribution in [2.45, 2.75) is 0 Å². The minimum absolute atomic E-state index is 0.282. The molecule has 6 nitrogen and oxygen atoms in total. The summed E-state index contributed by atoms with van der Waals surface area (Å²) < 4.78 is 15.7. The minimum atomic E-state index is -0.369. The number of carbonyl (C=O) groups is 1. The second-order valence-electron chi connectivity index (χ2n) is 6.35. The zero-order valence-corrected chi connectivity index (χ0v) is 14.6. The van der Waals surface area contributed by atoms with E-state index in [2.05, 4.69) is 20.3 Å². The molecular formula is C21H14FN5O. The van der Waals surface area contributed by atoms with Crippen molar-refractivity contribution < 1.29 is 9.18 Å². The summed E-state index contributed by atoms with van der Waals surface area (Å²) in [6.45, 7) is 0. The number of carbonyl (C=O) groups excluding carboxylic acids is 1. The molecule has 2 N–H and O–H groups in total. The highest BCUT2D eigenvalue weighted by Gasteiger charge is 2.12. The van der Waals surface area contributed by atoms with Crippen LogP contribution in [0.1, 0.15) is 10.5 Å². The second kappa shape index (κ2) is 6.31. The lowest BCUT2D eigenvalue weighted by molar-refractivity contribution is 0.102. The molecule has 0 aliphatic heterocycles. The van der Waals surface area contributed by atoms with E-state index in [0.717, 1.165) is 11.0 Å². The number of fused-ring (bicyclic) bond motifs is 2. The summed E-state index contributed by atoms with van der Waals surface area (Å²) in [6.07, 6.45) is 3.29. The van der Waals surface area contributed by atoms with E-state index in [1.165, 1.54) is 12.1 Å². The van der Waals surface area contributed by atoms with Crippen LogP contribution in [0.25, 0.3) is 27.8 Å². The van der Waals surface area contributed by atoms with Crippen LogP contribution < -0.4 is 5.32 Å². The molecule has 0 fully saturated rings. The highest BCUT2D eigenvalue weighted by molar-refractivity contribution is 6.05. The van der Waals surface area contributed by atoms with Gasteiger partial charge in [-0.15, -0.1) is 0 Å². The molecule has 0 saturated carbocycles. The van der Waals surface area contributed by atoms with E-state index >= 15 is 0 Å². The van der Waals surface area contributed by atoms with E-state index in [0.29, 0.717) is 22.4 Å². The SMILES string of the molecule is O=C(Nc1ccc(-n2cnc3ccccc32)nc1)c1cc2c(F)cccc2[nH]1. The van der Waals surface area contributed by atoms with Crippen LogP contribution in [-0.4, -0.2) is 25.4 Å². The number of para-hydroxylation sites is 2. The van der Waals surface area contributed by atoms with E-state index in [1.54, 1.807) is 36.8 Å². The molecule has 0 aliphatic carbocycles. The number of nitrogens with one attached hydrogen (secondary N) is 2. The molecule has 0 bridgehead atoms. The molecule has 0 unspecified atom stereocenters. The maximum Gasteiger partial charge on any atom is 0.272 e. The first-order chi connectivity index (χ1) is 13.7. The number of nitrogens with zero attached hydrogens (tertiary/aromatic N) is 3. The van der Waals surface area contributed by atoms with Crippen LogP contribution in [0.3, 0.4) is 0 Å². The van der Waals surface area contributed by atoms with Crippen molar-refractivity contribution in [3.63, 3.8) is 0 Å². The average Bonchev–Trinajstić information content (AvgIpc) is 3.34. The Labute approximate surface area is 158 Å². The van der Waals surface area contributed by atoms with E-state index in [9.17, 15) is 9.18 Å². The monoisotopic (exact) mass is 371 g/mol. The maximum absolute atomic E-state index is 13.8. The second-order valence-corrected chi connectivity index (χ2v) is 6.35. The summed E-state index contributed by atoms with van der Waals surface area (Å²) in [5.74, 6) is -0.0380. The van der Waals surface area contributed by atoms with Gasteiger partial charge in [-0.1, -0.05) is 18.2 Å². The summed E-state index contributed by atoms with van der Waals surface area (Å²) in [5.41, 5.74) is 3.23. The summed E-state index contributed by atoms with van der Waals surface area (Å²) in [5, 5.41) is 3.15. The first kappa shape index (κ1) is 16.2. The van der Waals surface area contributed by atoms with Crippen molar-refractivity contribution in [1.82, 2.24) is 19.5 Å². The van der Waals surface area contributed by atoms with Crippen LogP contribution in [0, 0.1) is 5.82 Å². The van der Waals surface area contributed by atoms with Crippen LogP contribution in [0.5, 0.6) is 0 Å². The lowest BCUT2D eigenvalue weighted by Gasteiger charge is -2.06. The first-order valence-corrected chi connectivity index (χ1v) is 8.66. The Morgan fingerprint density at radius 2 is 1.93 bits per heavy atom. The molecule has 136 valence electrons. The van der Waals surface area contributed by atoms with Gasteiger partial charge < -0.3 is 10.3 Å². The van der Waals surface area contributed by atoms with Crippen LogP contribution in [-0.2, 0) is 0 Å². The number of aromatic nitrogens is 4. The fourth-order valence-electron chi connectivity index (χ4n) is 3.18. The van der Waals surface area contributed by atoms with Crippen LogP contribution >= 0.6 is 0 Å². The van der Waals surface area contributed by atoms with Gasteiger partial charge in [0.25, 0.3) is 5.91 Å². The zero-order chi connectivity index (χ0) is 19.1. The molecule has 3 heterocycles. The molecule has 5 rings (SSSR count). The number of amides is 1. The highest BCUT2D eigenvalue weighted by Crippen LogP contribution is 2.20. The molecule has 1 amide bonds. The molecule has 3 aromatic heterocycles. The van der Waals surface area contributed by atoms with Gasteiger partial charge in [0.05, 0.1) is 22.9 Å². The molecule has 0 spiro atoms. The number of aromatic amines is 1. The third kappa shape index (κ3) is 2.69. The number of pyridine rings is 1. The summed E-state index contributed by atoms with van der Waals surface area (Å²) in [7, 11) is 0. The highest BCUT2D eigenvalue weighted by atomic mass is 19.1. The van der Waals surface area contributed by atoms with E-state index in [4.69, 9.17) is 0 Å². The fourth-order valence-corrected chi connectivity index (χ4v) is 3.18. The van der Waals surface area contributed by atoms with Crippen molar-refractivity contribution >= 4 is 33.5 Å². The quantitative estimate of drug-likeness (QED) is 0.497. The Kier molecular flexibility index (Phi) is 3.65. The Balaban J connectivity index is 1.40. The van der Waals surface area contributed by atoms with Gasteiger partial charge in [-0.25, -0.2) is 14.4 Å². The molecule has 28 heavy (non-hydrogen) atoms. The molecule has 0 saturated heterocycles. The number of rotatable bonds is 3. The molecule has 0 radical (unpaired) electrons. The van der Waals surface area contributed by atoms with Crippen LogP contribution in [0.15, 0.2) is 73.2 Å². The van der Waals surface area contributed by atoms with Crippen molar-refractivity contribution in [3.8, 4) is 5.82 Å². The lowest BCUT2D eigenvalue weighted by Crippen LogP contribution is -2.12. The minimum Gasteiger partial charge on any atom is -0.350 e. The Morgan fingerprint density at radius 3 is 2.75 bits per heavy atom. The van der Waals surface area contributed by atoms with Crippen LogP contribution in [0.4, 0.5) is 10.1 Å². The normalized spacial score (nSPS) is 11.2. The number of anilines is 1. The first-order valence-electron chi connectivity index (χ1n) is 8.66. The zero-order valence-electron chi connectivity index (χ0n) is 14.6. The largest absolute Gasteiger partial charge is 0.350 e. The average molecular weight is 371 g/mol. The number of hydrogen-bond acceptors (Lipinski definition) is 3. The maximum atomic E-state index is 13.8. The summed E-state index contributed by atoms with van der Waals surface area (Å²) >= 11 is 0. The molecule has 0 aliphatic rings. The van der Waals surface area contributed by atoms with Gasteiger partial charge in [0.15, 0.2) is 0 Å². The Morgan fingerprint density at radius 1 is 1.04 bits per heavy atom. The van der Waals surface area contributed by atoms with E-state index < -0.39 is 0 Å². The molecule has 2 aromatic carbocycles. The van der Waals surface area contributed by atoms with Crippen LogP contribution in [0.2, 0.25) is 0 Å². The summed E-state index contributed by atoms with van der Waals surface area (Å²) in [6, 6.07) is 17.5. The molecule has 7 heteroatoms. The fraction of sp³-hybridized carbons (Fsp3) is 0. The van der Waals surface area contributed by atoms with E-state index in [1.807, 2.05) is 28.8 Å². The smallest absolute Gasteiger partial charge is 0.272 e. The molecular weight excluding hydrogens is 357 g/mol. The predicted molar refractivity (Wildman–Crippen MR) is 105 cm³/mol. The lowest BCUT2D eigenvalue weighted by atomic mass is 10.2. The Bertz CT molecular complexity index is 1320. The van der Waals surface area contributed by atoms with Crippen molar-refractivity contribution in [1.29, 1.82) is 0 Å². The summed E-state index contributed by atoms with van der Waals surface area (Å²) in [4.78, 5) is 24.2. The Hall–Kier alpha value is -4.00. The van der Waals surface area contributed by atoms with Crippen molar-refractivity contribution in [2.75, 3.05) is 5.32 Å². The van der Waals surface area contributed by atoms with Gasteiger partial charge in [0, 0.05) is 10.9 Å². The van der Waals surface area contributed by atoms with Gasteiger partial charge in [-0.05, 0) is 42.5 Å². The number of benzene rings is 2. The number of hydrogen-bond donors (Lipinski definition) is 2. The van der Waals surface area contributed by atoms with Gasteiger partial charge in [-0.2, -0.15) is 0 Å². The third-order valence-corrected chi connectivity index (χ3v) is 4.56. The predicted octanol–water partition coefficient (Wildman–Crippen LogP) is 4.29. The van der Waals surface area contributed by atoms with Crippen molar-refractivity contribution in [3.05, 3.63) is 84.7 Å². The van der Waals surface area contributed by atoms with Crippen molar-refractivity contribution in [2.24, 2.45) is 0 Å². The molecule has 0 atom stereocenters. The topological polar surface area (TPSA) is 75.6 Å². The van der Waals surface area contributed by atoms with Gasteiger partial charge in [-0.3, -0.25) is 9.36 Å². The van der Waals surface area contributed by atoms with Gasteiger partial charge in [0.1, 0.15) is 23.7 Å². The number of imidazole rings is 1. The molecule has 5 aromatic rings. The van der Waals surface area contributed by atoms with Gasteiger partial charge >= 0.3 is 0 Å². The third-order valence-electron chi connectivity index (χ3n) is 4.56. The van der Waals surface area contributed by atoms with E-state index in [-0.39, 0.29) is 17.4 Å².